The van der Waals surface area contributed by atoms with Gasteiger partial charge in [-0.3, -0.25) is 9.36 Å². The van der Waals surface area contributed by atoms with Crippen molar-refractivity contribution in [3.05, 3.63) is 24.3 Å². The van der Waals surface area contributed by atoms with Gasteiger partial charge in [0.15, 0.2) is 0 Å². The van der Waals surface area contributed by atoms with Crippen molar-refractivity contribution in [1.82, 2.24) is 14.9 Å². The van der Waals surface area contributed by atoms with Crippen LogP contribution in [-0.4, -0.2) is 33.3 Å². The van der Waals surface area contributed by atoms with Gasteiger partial charge in [-0.25, -0.2) is 4.98 Å². The zero-order valence-corrected chi connectivity index (χ0v) is 12.0. The van der Waals surface area contributed by atoms with Crippen LogP contribution in [0.3, 0.4) is 0 Å². The molecule has 0 unspecified atom stereocenters. The molecular formula is C15H20N4O2. The van der Waals surface area contributed by atoms with Crippen LogP contribution in [0.25, 0.3) is 11.0 Å². The van der Waals surface area contributed by atoms with E-state index in [0.717, 1.165) is 23.9 Å². The van der Waals surface area contributed by atoms with Gasteiger partial charge in [-0.1, -0.05) is 25.5 Å². The van der Waals surface area contributed by atoms with Crippen LogP contribution in [0.5, 0.6) is 0 Å². The van der Waals surface area contributed by atoms with Gasteiger partial charge in [0.2, 0.25) is 11.9 Å². The summed E-state index contributed by atoms with van der Waals surface area (Å²) in [7, 11) is 0. The fourth-order valence-electron chi connectivity index (χ4n) is 2.72. The van der Waals surface area contributed by atoms with Crippen LogP contribution >= 0.6 is 0 Å². The molecule has 3 rings (SSSR count). The van der Waals surface area contributed by atoms with Crippen LogP contribution < -0.4 is 10.6 Å². The first-order chi connectivity index (χ1) is 10.2. The first-order valence-electron chi connectivity index (χ1n) is 7.40. The molecule has 21 heavy (non-hydrogen) atoms. The van der Waals surface area contributed by atoms with E-state index in [1.807, 2.05) is 28.8 Å². The smallest absolute Gasteiger partial charge is 0.243 e. The van der Waals surface area contributed by atoms with Gasteiger partial charge >= 0.3 is 0 Å². The number of aromatic nitrogens is 2. The molecule has 0 saturated carbocycles. The van der Waals surface area contributed by atoms with E-state index in [2.05, 4.69) is 22.5 Å². The molecule has 1 aromatic carbocycles. The molecule has 6 heteroatoms. The minimum atomic E-state index is -0.753. The molecule has 1 amide bonds. The monoisotopic (exact) mass is 288 g/mol. The standard InChI is InChI=1S/C15H20N4O2/c1-2-3-8-16-14(21)12-9-13(20)18-15-17-10-6-4-5-7-11(10)19(12)15/h4-7,12-13,20H,2-3,8-9H2,1H3,(H,16,21)(H,17,18)/t12-,13-/m0/s1. The van der Waals surface area contributed by atoms with Crippen LogP contribution in [0.1, 0.15) is 32.2 Å². The Kier molecular flexibility index (Phi) is 3.79. The van der Waals surface area contributed by atoms with Crippen molar-refractivity contribution in [1.29, 1.82) is 0 Å². The van der Waals surface area contributed by atoms with Gasteiger partial charge in [0.05, 0.1) is 11.0 Å². The fraction of sp³-hybridized carbons (Fsp3) is 0.467. The summed E-state index contributed by atoms with van der Waals surface area (Å²) in [6.07, 6.45) is 1.58. The van der Waals surface area contributed by atoms with Crippen LogP contribution in [0.4, 0.5) is 5.95 Å². The summed E-state index contributed by atoms with van der Waals surface area (Å²) < 4.78 is 1.88. The number of carbonyl (C=O) groups is 1. The summed E-state index contributed by atoms with van der Waals surface area (Å²) in [5.74, 6) is 0.485. The molecule has 1 aliphatic heterocycles. The molecule has 0 aliphatic carbocycles. The molecule has 0 bridgehead atoms. The summed E-state index contributed by atoms with van der Waals surface area (Å²) in [6.45, 7) is 2.75. The predicted molar refractivity (Wildman–Crippen MR) is 80.9 cm³/mol. The van der Waals surface area contributed by atoms with E-state index in [-0.39, 0.29) is 5.91 Å². The van der Waals surface area contributed by atoms with E-state index >= 15 is 0 Å². The normalized spacial score (nSPS) is 20.9. The molecule has 0 radical (unpaired) electrons. The number of hydrogen-bond donors (Lipinski definition) is 3. The molecule has 2 heterocycles. The molecule has 2 aromatic rings. The predicted octanol–water partition coefficient (Wildman–Crippen LogP) is 1.63. The average Bonchev–Trinajstić information content (AvgIpc) is 2.84. The number of imidazole rings is 1. The number of benzene rings is 1. The second-order valence-corrected chi connectivity index (χ2v) is 5.35. The Labute approximate surface area is 123 Å². The van der Waals surface area contributed by atoms with Gasteiger partial charge < -0.3 is 15.7 Å². The van der Waals surface area contributed by atoms with Crippen molar-refractivity contribution < 1.29 is 9.90 Å². The summed E-state index contributed by atoms with van der Waals surface area (Å²) in [4.78, 5) is 16.9. The lowest BCUT2D eigenvalue weighted by atomic mass is 10.1. The van der Waals surface area contributed by atoms with E-state index in [4.69, 9.17) is 0 Å². The first-order valence-corrected chi connectivity index (χ1v) is 7.40. The fourth-order valence-corrected chi connectivity index (χ4v) is 2.72. The maximum absolute atomic E-state index is 12.4. The maximum atomic E-state index is 12.4. The minimum Gasteiger partial charge on any atom is -0.374 e. The van der Waals surface area contributed by atoms with Crippen LogP contribution in [0, 0.1) is 0 Å². The molecule has 2 atom stereocenters. The number of aliphatic hydroxyl groups excluding tert-OH is 1. The average molecular weight is 288 g/mol. The van der Waals surface area contributed by atoms with Gasteiger partial charge in [-0.15, -0.1) is 0 Å². The number of nitrogens with one attached hydrogen (secondary N) is 2. The largest absolute Gasteiger partial charge is 0.374 e. The number of nitrogens with zero attached hydrogens (tertiary/aromatic N) is 2. The Morgan fingerprint density at radius 3 is 3.14 bits per heavy atom. The molecule has 0 saturated heterocycles. The lowest BCUT2D eigenvalue weighted by molar-refractivity contribution is -0.125. The summed E-state index contributed by atoms with van der Waals surface area (Å²) in [6, 6.07) is 7.25. The number of rotatable bonds is 4. The van der Waals surface area contributed by atoms with Crippen molar-refractivity contribution in [2.45, 2.75) is 38.5 Å². The van der Waals surface area contributed by atoms with E-state index in [0.29, 0.717) is 18.9 Å². The molecule has 1 aromatic heterocycles. The highest BCUT2D eigenvalue weighted by atomic mass is 16.3. The van der Waals surface area contributed by atoms with Crippen molar-refractivity contribution in [2.75, 3.05) is 11.9 Å². The molecule has 0 fully saturated rings. The van der Waals surface area contributed by atoms with Crippen molar-refractivity contribution in [3.8, 4) is 0 Å². The summed E-state index contributed by atoms with van der Waals surface area (Å²) in [5.41, 5.74) is 1.72. The van der Waals surface area contributed by atoms with Gasteiger partial charge in [0.1, 0.15) is 12.3 Å². The van der Waals surface area contributed by atoms with Gasteiger partial charge in [-0.05, 0) is 18.6 Å². The van der Waals surface area contributed by atoms with E-state index in [1.54, 1.807) is 0 Å². The zero-order chi connectivity index (χ0) is 14.8. The molecule has 112 valence electrons. The molecule has 6 nitrogen and oxygen atoms in total. The van der Waals surface area contributed by atoms with Crippen LogP contribution in [0.2, 0.25) is 0 Å². The Balaban J connectivity index is 1.94. The summed E-state index contributed by atoms with van der Waals surface area (Å²) >= 11 is 0. The Morgan fingerprint density at radius 1 is 1.52 bits per heavy atom. The number of fused-ring (bicyclic) bond motifs is 3. The quantitative estimate of drug-likeness (QED) is 0.747. The van der Waals surface area contributed by atoms with E-state index < -0.39 is 12.3 Å². The maximum Gasteiger partial charge on any atom is 0.243 e. The Morgan fingerprint density at radius 2 is 2.33 bits per heavy atom. The number of hydrogen-bond acceptors (Lipinski definition) is 4. The van der Waals surface area contributed by atoms with Gasteiger partial charge in [-0.2, -0.15) is 0 Å². The number of amides is 1. The second kappa shape index (κ2) is 5.73. The van der Waals surface area contributed by atoms with Crippen LogP contribution in [0.15, 0.2) is 24.3 Å². The highest BCUT2D eigenvalue weighted by Crippen LogP contribution is 2.31. The van der Waals surface area contributed by atoms with E-state index in [1.165, 1.54) is 0 Å². The zero-order valence-electron chi connectivity index (χ0n) is 12.0. The highest BCUT2D eigenvalue weighted by molar-refractivity contribution is 5.86. The third-order valence-corrected chi connectivity index (χ3v) is 3.78. The molecule has 0 spiro atoms. The number of anilines is 1. The summed E-state index contributed by atoms with van der Waals surface area (Å²) in [5, 5.41) is 15.8. The lowest BCUT2D eigenvalue weighted by Crippen LogP contribution is -2.40. The van der Waals surface area contributed by atoms with E-state index in [9.17, 15) is 9.90 Å². The van der Waals surface area contributed by atoms with Crippen molar-refractivity contribution in [3.63, 3.8) is 0 Å². The number of unbranched alkanes of at least 4 members (excludes halogenated alkanes) is 1. The second-order valence-electron chi connectivity index (χ2n) is 5.35. The first kappa shape index (κ1) is 13.9. The molecular weight excluding hydrogens is 268 g/mol. The third-order valence-electron chi connectivity index (χ3n) is 3.78. The third kappa shape index (κ3) is 2.58. The van der Waals surface area contributed by atoms with Gasteiger partial charge in [0, 0.05) is 13.0 Å². The minimum absolute atomic E-state index is 0.0617. The Bertz CT molecular complexity index is 652. The topological polar surface area (TPSA) is 79.2 Å². The SMILES string of the molecule is CCCCNC(=O)[C@@H]1C[C@H](O)Nc2nc3ccccc3n21. The Hall–Kier alpha value is -2.08. The number of para-hydroxylation sites is 2. The molecule has 3 N–H and O–H groups in total. The highest BCUT2D eigenvalue weighted by Gasteiger charge is 2.32. The number of aliphatic hydroxyl groups is 1. The lowest BCUT2D eigenvalue weighted by Gasteiger charge is -2.29. The number of carbonyl (C=O) groups excluding carboxylic acids is 1. The van der Waals surface area contributed by atoms with Gasteiger partial charge in [0.25, 0.3) is 0 Å². The molecule has 1 aliphatic rings. The van der Waals surface area contributed by atoms with Crippen LogP contribution in [-0.2, 0) is 4.79 Å². The van der Waals surface area contributed by atoms with Crippen molar-refractivity contribution >= 4 is 22.9 Å². The van der Waals surface area contributed by atoms with Crippen molar-refractivity contribution in [2.24, 2.45) is 0 Å².